The van der Waals surface area contributed by atoms with Gasteiger partial charge in [-0.05, 0) is 48.8 Å². The molecule has 2 N–H and O–H groups in total. The van der Waals surface area contributed by atoms with Gasteiger partial charge < -0.3 is 5.73 Å². The largest absolute Gasteiger partial charge is 0.330 e. The van der Waals surface area contributed by atoms with Crippen molar-refractivity contribution in [2.75, 3.05) is 6.54 Å². The summed E-state index contributed by atoms with van der Waals surface area (Å²) in [5.74, 6) is 0. The molecule has 0 aromatic heterocycles. The highest BCUT2D eigenvalue weighted by atomic mass is 14.6. The van der Waals surface area contributed by atoms with Crippen LogP contribution >= 0.6 is 0 Å². The highest BCUT2D eigenvalue weighted by Gasteiger charge is 2.43. The molecule has 0 radical (unpaired) electrons. The van der Waals surface area contributed by atoms with Crippen LogP contribution in [-0.2, 0) is 11.8 Å². The highest BCUT2D eigenvalue weighted by Crippen LogP contribution is 2.50. The van der Waals surface area contributed by atoms with Gasteiger partial charge in [0.2, 0.25) is 0 Å². The van der Waals surface area contributed by atoms with Gasteiger partial charge in [-0.3, -0.25) is 0 Å². The summed E-state index contributed by atoms with van der Waals surface area (Å²) in [5, 5.41) is 0. The first-order valence-corrected chi connectivity index (χ1v) is 5.60. The lowest BCUT2D eigenvalue weighted by Gasteiger charge is -2.15. The van der Waals surface area contributed by atoms with E-state index in [2.05, 4.69) is 31.2 Å². The molecule has 1 nitrogen and oxygen atoms in total. The maximum Gasteiger partial charge on any atom is -0.00343 e. The fourth-order valence-electron chi connectivity index (χ4n) is 2.23. The maximum atomic E-state index is 5.66. The van der Waals surface area contributed by atoms with E-state index in [9.17, 15) is 0 Å². The standard InChI is InChI=1S/C13H19N/c1-2-11-4-3-5-12(10-11)13(6-7-13)8-9-14/h3-5,10H,2,6-9,14H2,1H3. The zero-order chi connectivity index (χ0) is 10.0. The van der Waals surface area contributed by atoms with Gasteiger partial charge in [-0.15, -0.1) is 0 Å². The number of rotatable bonds is 4. The smallest absolute Gasteiger partial charge is 0.00343 e. The highest BCUT2D eigenvalue weighted by molar-refractivity contribution is 5.34. The van der Waals surface area contributed by atoms with Crippen molar-refractivity contribution in [3.8, 4) is 0 Å². The van der Waals surface area contributed by atoms with Crippen molar-refractivity contribution in [1.29, 1.82) is 0 Å². The second kappa shape index (κ2) is 3.74. The fraction of sp³-hybridized carbons (Fsp3) is 0.538. The van der Waals surface area contributed by atoms with E-state index in [0.717, 1.165) is 19.4 Å². The van der Waals surface area contributed by atoms with Crippen molar-refractivity contribution in [3.05, 3.63) is 35.4 Å². The lowest BCUT2D eigenvalue weighted by atomic mass is 9.91. The Morgan fingerprint density at radius 3 is 2.71 bits per heavy atom. The number of aryl methyl sites for hydroxylation is 1. The molecule has 1 heteroatoms. The van der Waals surface area contributed by atoms with E-state index in [-0.39, 0.29) is 0 Å². The normalized spacial score (nSPS) is 18.1. The summed E-state index contributed by atoms with van der Waals surface area (Å²) in [5.41, 5.74) is 9.09. The van der Waals surface area contributed by atoms with Crippen molar-refractivity contribution < 1.29 is 0 Å². The third-order valence-electron chi connectivity index (χ3n) is 3.42. The van der Waals surface area contributed by atoms with Gasteiger partial charge >= 0.3 is 0 Å². The summed E-state index contributed by atoms with van der Waals surface area (Å²) in [7, 11) is 0. The molecule has 1 saturated carbocycles. The summed E-state index contributed by atoms with van der Waals surface area (Å²) in [6.45, 7) is 3.03. The molecule has 0 aliphatic heterocycles. The van der Waals surface area contributed by atoms with Crippen LogP contribution in [0, 0.1) is 0 Å². The summed E-state index contributed by atoms with van der Waals surface area (Å²) in [4.78, 5) is 0. The van der Waals surface area contributed by atoms with Gasteiger partial charge in [-0.1, -0.05) is 31.2 Å². The molecule has 14 heavy (non-hydrogen) atoms. The minimum atomic E-state index is 0.458. The third kappa shape index (κ3) is 1.69. The van der Waals surface area contributed by atoms with Crippen LogP contribution in [0.25, 0.3) is 0 Å². The molecule has 1 fully saturated rings. The van der Waals surface area contributed by atoms with E-state index >= 15 is 0 Å². The van der Waals surface area contributed by atoms with Crippen LogP contribution in [0.4, 0.5) is 0 Å². The first-order valence-electron chi connectivity index (χ1n) is 5.60. The zero-order valence-electron chi connectivity index (χ0n) is 8.92. The maximum absolute atomic E-state index is 5.66. The predicted molar refractivity (Wildman–Crippen MR) is 60.4 cm³/mol. The Morgan fingerprint density at radius 2 is 2.14 bits per heavy atom. The topological polar surface area (TPSA) is 26.0 Å². The van der Waals surface area contributed by atoms with Crippen LogP contribution in [-0.4, -0.2) is 6.54 Å². The average molecular weight is 189 g/mol. The third-order valence-corrected chi connectivity index (χ3v) is 3.42. The van der Waals surface area contributed by atoms with Gasteiger partial charge in [-0.25, -0.2) is 0 Å². The van der Waals surface area contributed by atoms with Crippen LogP contribution in [0.2, 0.25) is 0 Å². The second-order valence-electron chi connectivity index (χ2n) is 4.37. The Hall–Kier alpha value is -0.820. The van der Waals surface area contributed by atoms with E-state index in [1.807, 2.05) is 0 Å². The average Bonchev–Trinajstić information content (AvgIpc) is 3.00. The molecule has 0 spiro atoms. The fourth-order valence-corrected chi connectivity index (χ4v) is 2.23. The van der Waals surface area contributed by atoms with Gasteiger partial charge in [-0.2, -0.15) is 0 Å². The van der Waals surface area contributed by atoms with E-state index < -0.39 is 0 Å². The summed E-state index contributed by atoms with van der Waals surface area (Å²) >= 11 is 0. The van der Waals surface area contributed by atoms with Crippen molar-refractivity contribution in [2.45, 2.75) is 38.0 Å². The summed E-state index contributed by atoms with van der Waals surface area (Å²) in [6, 6.07) is 9.03. The Labute approximate surface area is 86.3 Å². The molecule has 1 aromatic carbocycles. The molecular formula is C13H19N. The molecule has 76 valence electrons. The molecule has 2 rings (SSSR count). The molecular weight excluding hydrogens is 170 g/mol. The van der Waals surface area contributed by atoms with Gasteiger partial charge in [0.05, 0.1) is 0 Å². The summed E-state index contributed by atoms with van der Waals surface area (Å²) < 4.78 is 0. The van der Waals surface area contributed by atoms with Crippen LogP contribution < -0.4 is 5.73 Å². The first kappa shape index (κ1) is 9.72. The van der Waals surface area contributed by atoms with Crippen molar-refractivity contribution >= 4 is 0 Å². The molecule has 0 unspecified atom stereocenters. The lowest BCUT2D eigenvalue weighted by molar-refractivity contribution is 0.628. The van der Waals surface area contributed by atoms with Crippen molar-refractivity contribution in [2.24, 2.45) is 5.73 Å². The van der Waals surface area contributed by atoms with Crippen molar-refractivity contribution in [1.82, 2.24) is 0 Å². The van der Waals surface area contributed by atoms with Crippen LogP contribution in [0.3, 0.4) is 0 Å². The second-order valence-corrected chi connectivity index (χ2v) is 4.37. The number of hydrogen-bond donors (Lipinski definition) is 1. The van der Waals surface area contributed by atoms with Gasteiger partial charge in [0.1, 0.15) is 0 Å². The monoisotopic (exact) mass is 189 g/mol. The minimum Gasteiger partial charge on any atom is -0.330 e. The quantitative estimate of drug-likeness (QED) is 0.774. The van der Waals surface area contributed by atoms with E-state index in [4.69, 9.17) is 5.73 Å². The Morgan fingerprint density at radius 1 is 1.36 bits per heavy atom. The van der Waals surface area contributed by atoms with Crippen LogP contribution in [0.1, 0.15) is 37.3 Å². The molecule has 1 aliphatic rings. The Balaban J connectivity index is 2.23. The minimum absolute atomic E-state index is 0.458. The van der Waals surface area contributed by atoms with Crippen LogP contribution in [0.5, 0.6) is 0 Å². The van der Waals surface area contributed by atoms with Gasteiger partial charge in [0.15, 0.2) is 0 Å². The zero-order valence-corrected chi connectivity index (χ0v) is 8.92. The molecule has 1 aromatic rings. The van der Waals surface area contributed by atoms with Crippen LogP contribution in [0.15, 0.2) is 24.3 Å². The van der Waals surface area contributed by atoms with Crippen molar-refractivity contribution in [3.63, 3.8) is 0 Å². The Bertz CT molecular complexity index is 313. The van der Waals surface area contributed by atoms with E-state index in [1.165, 1.54) is 24.0 Å². The molecule has 1 aliphatic carbocycles. The predicted octanol–water partition coefficient (Wildman–Crippen LogP) is 2.63. The Kier molecular flexibility index (Phi) is 2.60. The lowest BCUT2D eigenvalue weighted by Crippen LogP contribution is -2.13. The number of benzene rings is 1. The van der Waals surface area contributed by atoms with E-state index in [0.29, 0.717) is 5.41 Å². The molecule has 0 atom stereocenters. The molecule has 0 saturated heterocycles. The molecule has 0 bridgehead atoms. The van der Waals surface area contributed by atoms with E-state index in [1.54, 1.807) is 0 Å². The number of hydrogen-bond acceptors (Lipinski definition) is 1. The SMILES string of the molecule is CCc1cccc(C2(CCN)CC2)c1. The summed E-state index contributed by atoms with van der Waals surface area (Å²) in [6.07, 6.45) is 4.95. The first-order chi connectivity index (χ1) is 6.80. The van der Waals surface area contributed by atoms with Gasteiger partial charge in [0.25, 0.3) is 0 Å². The molecule has 0 amide bonds. The molecule has 0 heterocycles. The van der Waals surface area contributed by atoms with Gasteiger partial charge in [0, 0.05) is 0 Å². The number of nitrogens with two attached hydrogens (primary N) is 1.